The van der Waals surface area contributed by atoms with Crippen LogP contribution in [-0.4, -0.2) is 304 Å². The molecule has 6 N–H and O–H groups in total. The van der Waals surface area contributed by atoms with Crippen LogP contribution in [0, 0.1) is 23.7 Å². The first-order valence-electron chi connectivity index (χ1n) is 42.9. The Hall–Kier alpha value is -10.1. The molecule has 4 aromatic rings. The lowest BCUT2D eigenvalue weighted by Gasteiger charge is -2.42. The highest BCUT2D eigenvalue weighted by atomic mass is 16.3. The monoisotopic (exact) mass is 1680 g/mol. The predicted octanol–water partition coefficient (Wildman–Crippen LogP) is 5.56. The minimum absolute atomic E-state index is 0.00284. The van der Waals surface area contributed by atoms with Gasteiger partial charge in [-0.15, -0.1) is 0 Å². The third-order valence-electron chi connectivity index (χ3n) is 24.0. The van der Waals surface area contributed by atoms with Crippen molar-refractivity contribution in [2.45, 2.75) is 251 Å². The number of amides is 13. The maximum absolute atomic E-state index is 15.6. The molecule has 0 bridgehead atoms. The zero-order valence-corrected chi connectivity index (χ0v) is 75.1. The summed E-state index contributed by atoms with van der Waals surface area (Å²) < 4.78 is 0. The molecule has 2 fully saturated rings. The number of likely N-dealkylation sites (N-methyl/N-ethyl adjacent to an activating group) is 8. The standard InChI is InChI=1S/C92H138N14O15/c1-21-61(8)80-92(121)105(20)74(51-60(6)7)89(118)102(17)70(49-58(2)3)83(112)96-81(64(11)107)85(114)94-69(57-79(110)100(15)76(55-68-43-33-25-34-44-68)90(119)103(18)71(52-65-37-27-22-28-38-65)82(111)93-62(9)86(115)106-46-35-26-36-47-106)56-78(109)97(12)48-45-77(108)99(14)75(54-67-41-31-24-32-42-67)91(120)104(19)73(50-59(4)5)88(117)98(13)63(10)87(116)101(16)72(84(113)95-80)53-66-39-29-23-30-40-66/h22-25,27-34,37-44,58-64,69-76,80-81,91,107,120H,21,26,35-36,45-57H2,1-20H3,(H,93,111)(H,94,114)(H,95,113)(H,96,112)/t61-,62-,63-,64+,69-,70-,71-,72-,73-,74-,75-,76-,80-,81-,91?/m0/s1. The molecule has 0 aromatic heterocycles. The average Bonchev–Trinajstić information content (AvgIpc) is 0.814. The van der Waals surface area contributed by atoms with E-state index in [4.69, 9.17) is 0 Å². The van der Waals surface area contributed by atoms with Gasteiger partial charge in [-0.3, -0.25) is 67.2 Å². The zero-order valence-electron chi connectivity index (χ0n) is 75.1. The lowest BCUT2D eigenvalue weighted by atomic mass is 9.94. The summed E-state index contributed by atoms with van der Waals surface area (Å²) in [5, 5.41) is 35.9. The van der Waals surface area contributed by atoms with E-state index >= 15 is 47.9 Å². The van der Waals surface area contributed by atoms with E-state index < -0.39 is 174 Å². The second kappa shape index (κ2) is 47.3. The zero-order chi connectivity index (χ0) is 90.0. The van der Waals surface area contributed by atoms with Crippen molar-refractivity contribution < 1.29 is 72.5 Å². The predicted molar refractivity (Wildman–Crippen MR) is 465 cm³/mol. The van der Waals surface area contributed by atoms with E-state index in [0.717, 1.165) is 24.8 Å². The van der Waals surface area contributed by atoms with Crippen LogP contribution in [0.3, 0.4) is 0 Å². The summed E-state index contributed by atoms with van der Waals surface area (Å²) in [5.41, 5.74) is 2.72. The van der Waals surface area contributed by atoms with Crippen LogP contribution in [0.5, 0.6) is 0 Å². The molecule has 13 amide bonds. The Morgan fingerprint density at radius 3 is 1.46 bits per heavy atom. The van der Waals surface area contributed by atoms with E-state index in [1.807, 2.05) is 84.9 Å². The van der Waals surface area contributed by atoms with Crippen molar-refractivity contribution in [1.29, 1.82) is 0 Å². The summed E-state index contributed by atoms with van der Waals surface area (Å²) in [4.78, 5) is 210. The third kappa shape index (κ3) is 28.2. The molecule has 1 unspecified atom stereocenters. The number of nitrogens with zero attached hydrogens (tertiary/aromatic N) is 10. The maximum atomic E-state index is 15.6. The Morgan fingerprint density at radius 1 is 0.496 bits per heavy atom. The smallest absolute Gasteiger partial charge is 0.246 e. The molecule has 2 aliphatic heterocycles. The summed E-state index contributed by atoms with van der Waals surface area (Å²) in [5.74, 6) is -10.00. The van der Waals surface area contributed by atoms with Crippen LogP contribution in [0.15, 0.2) is 121 Å². The van der Waals surface area contributed by atoms with Gasteiger partial charge in [0.15, 0.2) is 0 Å². The normalized spacial score (nSPS) is 23.5. The van der Waals surface area contributed by atoms with E-state index in [9.17, 15) is 24.6 Å². The second-order valence-corrected chi connectivity index (χ2v) is 34.7. The Labute approximate surface area is 717 Å². The topological polar surface area (TPSA) is 343 Å². The molecule has 6 rings (SSSR count). The van der Waals surface area contributed by atoms with Gasteiger partial charge >= 0.3 is 0 Å². The lowest BCUT2D eigenvalue weighted by Crippen LogP contribution is -2.62. The first-order valence-corrected chi connectivity index (χ1v) is 42.9. The van der Waals surface area contributed by atoms with Crippen molar-refractivity contribution in [3.8, 4) is 0 Å². The Morgan fingerprint density at radius 2 is 0.950 bits per heavy atom. The van der Waals surface area contributed by atoms with Crippen molar-refractivity contribution in [3.63, 3.8) is 0 Å². The van der Waals surface area contributed by atoms with Crippen molar-refractivity contribution in [1.82, 2.24) is 70.3 Å². The van der Waals surface area contributed by atoms with E-state index in [0.29, 0.717) is 36.2 Å². The number of rotatable bonds is 25. The van der Waals surface area contributed by atoms with Gasteiger partial charge in [0.05, 0.1) is 18.2 Å². The van der Waals surface area contributed by atoms with Gasteiger partial charge in [0, 0.05) is 121 Å². The average molecular weight is 1680 g/mol. The molecule has 2 heterocycles. The summed E-state index contributed by atoms with van der Waals surface area (Å²) in [6, 6.07) is 20.5. The van der Waals surface area contributed by atoms with Gasteiger partial charge in [-0.2, -0.15) is 0 Å². The van der Waals surface area contributed by atoms with Crippen LogP contribution in [-0.2, 0) is 88.0 Å². The minimum atomic E-state index is -1.83. The van der Waals surface area contributed by atoms with E-state index in [2.05, 4.69) is 21.3 Å². The van der Waals surface area contributed by atoms with Crippen molar-refractivity contribution >= 4 is 76.8 Å². The molecule has 29 nitrogen and oxygen atoms in total. The highest BCUT2D eigenvalue weighted by Gasteiger charge is 2.45. The summed E-state index contributed by atoms with van der Waals surface area (Å²) in [6.07, 6.45) is -1.72. The highest BCUT2D eigenvalue weighted by Crippen LogP contribution is 2.27. The first kappa shape index (κ1) is 99.7. The third-order valence-corrected chi connectivity index (χ3v) is 24.0. The van der Waals surface area contributed by atoms with Gasteiger partial charge in [0.25, 0.3) is 0 Å². The number of likely N-dealkylation sites (tertiary alicyclic amines) is 1. The van der Waals surface area contributed by atoms with E-state index in [1.165, 1.54) is 107 Å². The minimum Gasteiger partial charge on any atom is -0.391 e. The van der Waals surface area contributed by atoms with Gasteiger partial charge in [-0.25, -0.2) is 0 Å². The number of carbonyl (C=O) groups excluding carboxylic acids is 13. The first-order chi connectivity index (χ1) is 57.1. The van der Waals surface area contributed by atoms with Gasteiger partial charge in [-0.05, 0) is 119 Å². The number of aliphatic hydroxyl groups is 2. The molecule has 0 radical (unpaired) electrons. The molecule has 15 atom stereocenters. The fraction of sp³-hybridized carbons (Fsp3) is 0.598. The Kier molecular flexibility index (Phi) is 39.0. The van der Waals surface area contributed by atoms with Crippen molar-refractivity contribution in [3.05, 3.63) is 144 Å². The molecule has 0 saturated carbocycles. The Balaban J connectivity index is 1.48. The Bertz CT molecular complexity index is 4080. The molecule has 0 spiro atoms. The number of piperidine rings is 1. The number of benzene rings is 4. The highest BCUT2D eigenvalue weighted by molar-refractivity contribution is 5.99. The summed E-state index contributed by atoms with van der Waals surface area (Å²) in [6.45, 7) is 20.0. The fourth-order valence-electron chi connectivity index (χ4n) is 15.8. The molecule has 2 aliphatic rings. The van der Waals surface area contributed by atoms with E-state index in [1.54, 1.807) is 118 Å². The van der Waals surface area contributed by atoms with Crippen LogP contribution in [0.4, 0.5) is 0 Å². The fourth-order valence-corrected chi connectivity index (χ4v) is 15.8. The number of aliphatic hydroxyl groups excluding tert-OH is 2. The molecule has 121 heavy (non-hydrogen) atoms. The SMILES string of the molecule is CC[C@H](C)[C@@H]1NC(=O)[C@H](Cc2ccccc2)N(C)C(=O)[C@H](C)N(C)C(=O)[C@H](CC(C)C)N(C)C(O)[C@H](Cc2ccccc2)N(C)C(=O)CCN(C)C(=O)C[C@@H](CC(=O)N(C)[C@@H](Cc2ccccc2)C(=O)N(C)[C@@H](Cc2ccccc2)C(=O)N[C@@H](C)C(=O)N2CCCCC2)NC(=O)[C@H]([C@@H](C)O)NC(=O)[C@H](CC(C)C)N(C)C(=O)[C@H](CC(C)C)N(C)C1=O. The van der Waals surface area contributed by atoms with Gasteiger partial charge in [-0.1, -0.05) is 183 Å². The van der Waals surface area contributed by atoms with Crippen LogP contribution in [0.25, 0.3) is 0 Å². The molecular weight excluding hydrogens is 1540 g/mol. The lowest BCUT2D eigenvalue weighted by molar-refractivity contribution is -0.154. The van der Waals surface area contributed by atoms with Crippen LogP contribution in [0.2, 0.25) is 0 Å². The quantitative estimate of drug-likeness (QED) is 0.0473. The van der Waals surface area contributed by atoms with Gasteiger partial charge in [0.2, 0.25) is 76.8 Å². The van der Waals surface area contributed by atoms with Crippen LogP contribution < -0.4 is 21.3 Å². The molecule has 29 heteroatoms. The molecule has 4 aromatic carbocycles. The largest absolute Gasteiger partial charge is 0.391 e. The second-order valence-electron chi connectivity index (χ2n) is 34.7. The molecule has 666 valence electrons. The van der Waals surface area contributed by atoms with E-state index in [-0.39, 0.29) is 81.6 Å². The van der Waals surface area contributed by atoms with Crippen LogP contribution >= 0.6 is 0 Å². The van der Waals surface area contributed by atoms with Gasteiger partial charge < -0.3 is 75.6 Å². The molecule has 0 aliphatic carbocycles. The molecule has 2 saturated heterocycles. The van der Waals surface area contributed by atoms with Crippen LogP contribution in [0.1, 0.15) is 163 Å². The number of nitrogens with one attached hydrogen (secondary N) is 4. The number of hydrogen-bond donors (Lipinski definition) is 6. The van der Waals surface area contributed by atoms with Gasteiger partial charge in [0.1, 0.15) is 60.6 Å². The summed E-state index contributed by atoms with van der Waals surface area (Å²) in [7, 11) is 13.1. The number of carbonyl (C=O) groups is 13. The number of hydrogen-bond acceptors (Lipinski definition) is 16. The maximum Gasteiger partial charge on any atom is 0.246 e. The van der Waals surface area contributed by atoms with Crippen molar-refractivity contribution in [2.24, 2.45) is 23.7 Å². The van der Waals surface area contributed by atoms with Crippen molar-refractivity contribution in [2.75, 3.05) is 83.1 Å². The molecular formula is C92H138N14O15. The summed E-state index contributed by atoms with van der Waals surface area (Å²) >= 11 is 0.